The van der Waals surface area contributed by atoms with Gasteiger partial charge in [0, 0.05) is 30.7 Å². The lowest BCUT2D eigenvalue weighted by Crippen LogP contribution is -2.53. The topological polar surface area (TPSA) is 44.4 Å². The van der Waals surface area contributed by atoms with E-state index >= 15 is 0 Å². The van der Waals surface area contributed by atoms with E-state index in [4.69, 9.17) is 23.2 Å². The van der Waals surface area contributed by atoms with Crippen LogP contribution in [0.4, 0.5) is 10.5 Å². The molecule has 0 unspecified atom stereocenters. The standard InChI is InChI=1S/C13H17Cl2N3O/c1-2-10-8-18(6-5-16-10)13(19)17-12-4-3-9(14)7-11(12)15/h3-4,7,10,16H,2,5-6,8H2,1H3,(H,17,19)/t10-/m1/s1. The van der Waals surface area contributed by atoms with Crippen molar-refractivity contribution in [2.75, 3.05) is 25.0 Å². The minimum atomic E-state index is -0.121. The van der Waals surface area contributed by atoms with E-state index in [-0.39, 0.29) is 6.03 Å². The van der Waals surface area contributed by atoms with Gasteiger partial charge in [-0.2, -0.15) is 0 Å². The molecule has 1 aromatic rings. The van der Waals surface area contributed by atoms with E-state index in [9.17, 15) is 4.79 Å². The van der Waals surface area contributed by atoms with Crippen LogP contribution < -0.4 is 10.6 Å². The van der Waals surface area contributed by atoms with Crippen LogP contribution in [0.3, 0.4) is 0 Å². The highest BCUT2D eigenvalue weighted by Gasteiger charge is 2.22. The highest BCUT2D eigenvalue weighted by atomic mass is 35.5. The van der Waals surface area contributed by atoms with Gasteiger partial charge in [-0.15, -0.1) is 0 Å². The number of nitrogens with one attached hydrogen (secondary N) is 2. The first-order valence-corrected chi connectivity index (χ1v) is 7.10. The molecule has 1 aromatic carbocycles. The molecule has 1 saturated heterocycles. The van der Waals surface area contributed by atoms with E-state index in [1.807, 2.05) is 0 Å². The molecule has 0 saturated carbocycles. The summed E-state index contributed by atoms with van der Waals surface area (Å²) < 4.78 is 0. The third-order valence-corrected chi connectivity index (χ3v) is 3.76. The molecule has 0 radical (unpaired) electrons. The number of carbonyl (C=O) groups excluding carboxylic acids is 1. The van der Waals surface area contributed by atoms with Gasteiger partial charge in [0.05, 0.1) is 10.7 Å². The molecular weight excluding hydrogens is 285 g/mol. The van der Waals surface area contributed by atoms with Crippen molar-refractivity contribution in [2.45, 2.75) is 19.4 Å². The van der Waals surface area contributed by atoms with Crippen molar-refractivity contribution in [3.05, 3.63) is 28.2 Å². The molecule has 0 aromatic heterocycles. The first-order chi connectivity index (χ1) is 9.10. The van der Waals surface area contributed by atoms with Crippen molar-refractivity contribution in [3.63, 3.8) is 0 Å². The van der Waals surface area contributed by atoms with Crippen LogP contribution in [0.5, 0.6) is 0 Å². The van der Waals surface area contributed by atoms with E-state index in [0.717, 1.165) is 13.0 Å². The average molecular weight is 302 g/mol. The molecule has 1 atom stereocenters. The maximum atomic E-state index is 12.2. The van der Waals surface area contributed by atoms with Crippen molar-refractivity contribution in [3.8, 4) is 0 Å². The molecule has 0 bridgehead atoms. The average Bonchev–Trinajstić information content (AvgIpc) is 2.42. The number of halogens is 2. The number of urea groups is 1. The quantitative estimate of drug-likeness (QED) is 0.881. The van der Waals surface area contributed by atoms with Gasteiger partial charge >= 0.3 is 6.03 Å². The van der Waals surface area contributed by atoms with Crippen molar-refractivity contribution in [1.82, 2.24) is 10.2 Å². The lowest BCUT2D eigenvalue weighted by molar-refractivity contribution is 0.188. The van der Waals surface area contributed by atoms with Gasteiger partial charge in [0.25, 0.3) is 0 Å². The third kappa shape index (κ3) is 3.75. The van der Waals surface area contributed by atoms with Crippen LogP contribution in [0, 0.1) is 0 Å². The SMILES string of the molecule is CC[C@@H]1CN(C(=O)Nc2ccc(Cl)cc2Cl)CCN1. The fourth-order valence-corrected chi connectivity index (χ4v) is 2.52. The summed E-state index contributed by atoms with van der Waals surface area (Å²) in [5, 5.41) is 7.19. The van der Waals surface area contributed by atoms with E-state index in [0.29, 0.717) is 34.9 Å². The Balaban J connectivity index is 2.00. The molecule has 104 valence electrons. The van der Waals surface area contributed by atoms with Gasteiger partial charge in [0.1, 0.15) is 0 Å². The summed E-state index contributed by atoms with van der Waals surface area (Å²) in [6.45, 7) is 4.34. The Morgan fingerprint density at radius 1 is 1.53 bits per heavy atom. The van der Waals surface area contributed by atoms with Gasteiger partial charge in [-0.3, -0.25) is 0 Å². The largest absolute Gasteiger partial charge is 0.322 e. The highest BCUT2D eigenvalue weighted by molar-refractivity contribution is 6.36. The second-order valence-corrected chi connectivity index (χ2v) is 5.40. The molecule has 1 aliphatic heterocycles. The molecule has 2 amide bonds. The number of rotatable bonds is 2. The molecule has 0 aliphatic carbocycles. The summed E-state index contributed by atoms with van der Waals surface area (Å²) in [5.74, 6) is 0. The molecule has 2 rings (SSSR count). The molecule has 6 heteroatoms. The molecule has 19 heavy (non-hydrogen) atoms. The Hall–Kier alpha value is -0.970. The van der Waals surface area contributed by atoms with Crippen molar-refractivity contribution >= 4 is 34.9 Å². The molecule has 4 nitrogen and oxygen atoms in total. The van der Waals surface area contributed by atoms with Gasteiger partial charge in [-0.05, 0) is 24.6 Å². The third-order valence-electron chi connectivity index (χ3n) is 3.21. The fraction of sp³-hybridized carbons (Fsp3) is 0.462. The van der Waals surface area contributed by atoms with Gasteiger partial charge in [0.15, 0.2) is 0 Å². The van der Waals surface area contributed by atoms with Crippen molar-refractivity contribution < 1.29 is 4.79 Å². The van der Waals surface area contributed by atoms with Gasteiger partial charge < -0.3 is 15.5 Å². The number of benzene rings is 1. The van der Waals surface area contributed by atoms with Crippen molar-refractivity contribution in [1.29, 1.82) is 0 Å². The van der Waals surface area contributed by atoms with Crippen molar-refractivity contribution in [2.24, 2.45) is 0 Å². The molecule has 2 N–H and O–H groups in total. The molecule has 1 fully saturated rings. The Labute approximate surface area is 123 Å². The monoisotopic (exact) mass is 301 g/mol. The minimum Gasteiger partial charge on any atom is -0.322 e. The van der Waals surface area contributed by atoms with Gasteiger partial charge in [0.2, 0.25) is 0 Å². The highest BCUT2D eigenvalue weighted by Crippen LogP contribution is 2.25. The maximum absolute atomic E-state index is 12.2. The number of hydrogen-bond acceptors (Lipinski definition) is 2. The second-order valence-electron chi connectivity index (χ2n) is 4.56. The Kier molecular flexibility index (Phi) is 4.91. The lowest BCUT2D eigenvalue weighted by atomic mass is 10.1. The van der Waals surface area contributed by atoms with Gasteiger partial charge in [-0.25, -0.2) is 4.79 Å². The molecule has 1 heterocycles. The summed E-state index contributed by atoms with van der Waals surface area (Å²) in [7, 11) is 0. The van der Waals surface area contributed by atoms with E-state index in [1.165, 1.54) is 0 Å². The number of nitrogens with zero attached hydrogens (tertiary/aromatic N) is 1. The summed E-state index contributed by atoms with van der Waals surface area (Å²) >= 11 is 11.9. The van der Waals surface area contributed by atoms with Crippen LogP contribution in [0.2, 0.25) is 10.0 Å². The first kappa shape index (κ1) is 14.4. The van der Waals surface area contributed by atoms with Crippen LogP contribution >= 0.6 is 23.2 Å². The van der Waals surface area contributed by atoms with Crippen LogP contribution in [0.25, 0.3) is 0 Å². The zero-order valence-electron chi connectivity index (χ0n) is 10.7. The van der Waals surface area contributed by atoms with Crippen LogP contribution in [0.15, 0.2) is 18.2 Å². The Morgan fingerprint density at radius 3 is 3.00 bits per heavy atom. The number of hydrogen-bond donors (Lipinski definition) is 2. The predicted molar refractivity (Wildman–Crippen MR) is 79.1 cm³/mol. The number of piperazine rings is 1. The Morgan fingerprint density at radius 2 is 2.32 bits per heavy atom. The number of carbonyl (C=O) groups is 1. The van der Waals surface area contributed by atoms with Gasteiger partial charge in [-0.1, -0.05) is 30.1 Å². The number of anilines is 1. The smallest absolute Gasteiger partial charge is 0.321 e. The molecule has 0 spiro atoms. The van der Waals surface area contributed by atoms with Crippen LogP contribution in [-0.2, 0) is 0 Å². The summed E-state index contributed by atoms with van der Waals surface area (Å²) in [6, 6.07) is 5.27. The zero-order chi connectivity index (χ0) is 13.8. The molecular formula is C13H17Cl2N3O. The maximum Gasteiger partial charge on any atom is 0.321 e. The van der Waals surface area contributed by atoms with E-state index < -0.39 is 0 Å². The summed E-state index contributed by atoms with van der Waals surface area (Å²) in [4.78, 5) is 14.0. The van der Waals surface area contributed by atoms with E-state index in [1.54, 1.807) is 23.1 Å². The zero-order valence-corrected chi connectivity index (χ0v) is 12.3. The normalized spacial score (nSPS) is 19.3. The summed E-state index contributed by atoms with van der Waals surface area (Å²) in [5.41, 5.74) is 0.586. The first-order valence-electron chi connectivity index (χ1n) is 6.34. The Bertz CT molecular complexity index is 467. The second kappa shape index (κ2) is 6.46. The number of amides is 2. The summed E-state index contributed by atoms with van der Waals surface area (Å²) in [6.07, 6.45) is 1.01. The van der Waals surface area contributed by atoms with Crippen LogP contribution in [-0.4, -0.2) is 36.6 Å². The molecule has 1 aliphatic rings. The van der Waals surface area contributed by atoms with E-state index in [2.05, 4.69) is 17.6 Å². The lowest BCUT2D eigenvalue weighted by Gasteiger charge is -2.33. The van der Waals surface area contributed by atoms with Crippen LogP contribution in [0.1, 0.15) is 13.3 Å². The minimum absolute atomic E-state index is 0.121. The predicted octanol–water partition coefficient (Wildman–Crippen LogP) is 3.21. The fourth-order valence-electron chi connectivity index (χ4n) is 2.07.